The molecule has 2 rings (SSSR count). The van der Waals surface area contributed by atoms with E-state index < -0.39 is 0 Å². The van der Waals surface area contributed by atoms with Crippen LogP contribution in [0.5, 0.6) is 0 Å². The highest BCUT2D eigenvalue weighted by Crippen LogP contribution is 2.06. The normalized spacial score (nSPS) is 18.5. The van der Waals surface area contributed by atoms with Crippen LogP contribution < -0.4 is 10.6 Å². The Bertz CT molecular complexity index is 457. The first-order valence-electron chi connectivity index (χ1n) is 6.25. The van der Waals surface area contributed by atoms with E-state index in [0.29, 0.717) is 19.4 Å². The quantitative estimate of drug-likeness (QED) is 0.830. The molecule has 1 unspecified atom stereocenters. The molecule has 1 fully saturated rings. The Morgan fingerprint density at radius 3 is 3.00 bits per heavy atom. The third kappa shape index (κ3) is 3.58. The fourth-order valence-electron chi connectivity index (χ4n) is 2.14. The fourth-order valence-corrected chi connectivity index (χ4v) is 2.14. The van der Waals surface area contributed by atoms with Gasteiger partial charge in [-0.05, 0) is 18.9 Å². The lowest BCUT2D eigenvalue weighted by Crippen LogP contribution is -2.38. The zero-order valence-corrected chi connectivity index (χ0v) is 10.5. The Morgan fingerprint density at radius 2 is 2.33 bits per heavy atom. The maximum absolute atomic E-state index is 11.7. The van der Waals surface area contributed by atoms with E-state index in [-0.39, 0.29) is 17.9 Å². The van der Waals surface area contributed by atoms with Crippen molar-refractivity contribution in [2.24, 2.45) is 0 Å². The fraction of sp³-hybridized carbons (Fsp3) is 0.429. The number of rotatable bonds is 4. The number of hydrogen-bond donors (Lipinski definition) is 2. The van der Waals surface area contributed by atoms with Crippen LogP contribution in [0.3, 0.4) is 0 Å². The summed E-state index contributed by atoms with van der Waals surface area (Å²) in [5.41, 5.74) is 2.17. The second-order valence-corrected chi connectivity index (χ2v) is 4.77. The van der Waals surface area contributed by atoms with E-state index in [1.165, 1.54) is 0 Å². The maximum Gasteiger partial charge on any atom is 0.224 e. The third-order valence-electron chi connectivity index (χ3n) is 3.08. The summed E-state index contributed by atoms with van der Waals surface area (Å²) in [5, 5.41) is 5.69. The van der Waals surface area contributed by atoms with Crippen molar-refractivity contribution in [1.82, 2.24) is 10.6 Å². The second kappa shape index (κ2) is 5.67. The molecule has 0 radical (unpaired) electrons. The average molecular weight is 246 g/mol. The van der Waals surface area contributed by atoms with Gasteiger partial charge in [-0.1, -0.05) is 29.8 Å². The molecule has 0 spiro atoms. The summed E-state index contributed by atoms with van der Waals surface area (Å²) in [4.78, 5) is 22.7. The van der Waals surface area contributed by atoms with E-state index >= 15 is 0 Å². The van der Waals surface area contributed by atoms with Gasteiger partial charge in [-0.2, -0.15) is 0 Å². The number of carbonyl (C=O) groups excluding carboxylic acids is 2. The number of hydrogen-bond acceptors (Lipinski definition) is 2. The van der Waals surface area contributed by atoms with Gasteiger partial charge in [-0.3, -0.25) is 9.59 Å². The van der Waals surface area contributed by atoms with Gasteiger partial charge >= 0.3 is 0 Å². The highest BCUT2D eigenvalue weighted by molar-refractivity contribution is 5.80. The summed E-state index contributed by atoms with van der Waals surface area (Å²) in [6.07, 6.45) is 1.77. The van der Waals surface area contributed by atoms with Crippen LogP contribution in [0.2, 0.25) is 0 Å². The van der Waals surface area contributed by atoms with Gasteiger partial charge < -0.3 is 10.6 Å². The van der Waals surface area contributed by atoms with Crippen molar-refractivity contribution in [3.8, 4) is 0 Å². The van der Waals surface area contributed by atoms with Gasteiger partial charge in [0.25, 0.3) is 0 Å². The van der Waals surface area contributed by atoms with E-state index in [9.17, 15) is 9.59 Å². The van der Waals surface area contributed by atoms with Crippen molar-refractivity contribution >= 4 is 11.8 Å². The Balaban J connectivity index is 1.77. The average Bonchev–Trinajstić information content (AvgIpc) is 2.73. The van der Waals surface area contributed by atoms with Gasteiger partial charge in [0, 0.05) is 19.0 Å². The van der Waals surface area contributed by atoms with Crippen LogP contribution in [-0.4, -0.2) is 24.4 Å². The van der Waals surface area contributed by atoms with E-state index in [2.05, 4.69) is 10.6 Å². The minimum absolute atomic E-state index is 0.00162. The van der Waals surface area contributed by atoms with Crippen LogP contribution in [-0.2, 0) is 16.0 Å². The Kier molecular flexibility index (Phi) is 3.97. The SMILES string of the molecule is Cc1cccc(CC(=O)NCC2CCC(=O)N2)c1. The van der Waals surface area contributed by atoms with Crippen molar-refractivity contribution in [3.63, 3.8) is 0 Å². The molecule has 1 heterocycles. The molecule has 18 heavy (non-hydrogen) atoms. The molecule has 1 aromatic rings. The smallest absolute Gasteiger partial charge is 0.224 e. The molecule has 1 aromatic carbocycles. The molecule has 1 atom stereocenters. The van der Waals surface area contributed by atoms with Crippen LogP contribution in [0.1, 0.15) is 24.0 Å². The highest BCUT2D eigenvalue weighted by atomic mass is 16.2. The van der Waals surface area contributed by atoms with Crippen molar-refractivity contribution in [1.29, 1.82) is 0 Å². The lowest BCUT2D eigenvalue weighted by molar-refractivity contribution is -0.121. The van der Waals surface area contributed by atoms with Crippen molar-refractivity contribution < 1.29 is 9.59 Å². The van der Waals surface area contributed by atoms with Gasteiger partial charge in [0.2, 0.25) is 11.8 Å². The largest absolute Gasteiger partial charge is 0.354 e. The van der Waals surface area contributed by atoms with Crippen LogP contribution in [0.15, 0.2) is 24.3 Å². The maximum atomic E-state index is 11.7. The first kappa shape index (κ1) is 12.6. The number of aryl methyl sites for hydroxylation is 1. The van der Waals surface area contributed by atoms with Gasteiger partial charge in [-0.25, -0.2) is 0 Å². The summed E-state index contributed by atoms with van der Waals surface area (Å²) in [6, 6.07) is 8.02. The predicted octanol–water partition coefficient (Wildman–Crippen LogP) is 0.932. The molecule has 0 aliphatic carbocycles. The van der Waals surface area contributed by atoms with Crippen molar-refractivity contribution in [2.45, 2.75) is 32.2 Å². The summed E-state index contributed by atoms with van der Waals surface area (Å²) in [6.45, 7) is 2.53. The second-order valence-electron chi connectivity index (χ2n) is 4.77. The van der Waals surface area contributed by atoms with E-state index in [4.69, 9.17) is 0 Å². The first-order valence-corrected chi connectivity index (χ1v) is 6.25. The summed E-state index contributed by atoms with van der Waals surface area (Å²) >= 11 is 0. The monoisotopic (exact) mass is 246 g/mol. The van der Waals surface area contributed by atoms with Crippen LogP contribution >= 0.6 is 0 Å². The number of nitrogens with one attached hydrogen (secondary N) is 2. The highest BCUT2D eigenvalue weighted by Gasteiger charge is 2.20. The molecule has 1 saturated heterocycles. The Morgan fingerprint density at radius 1 is 1.50 bits per heavy atom. The van der Waals surface area contributed by atoms with Gasteiger partial charge in [0.1, 0.15) is 0 Å². The zero-order chi connectivity index (χ0) is 13.0. The van der Waals surface area contributed by atoms with Gasteiger partial charge in [0.05, 0.1) is 6.42 Å². The molecule has 1 aliphatic heterocycles. The molecular weight excluding hydrogens is 228 g/mol. The molecule has 0 bridgehead atoms. The number of amides is 2. The zero-order valence-electron chi connectivity index (χ0n) is 10.5. The molecule has 4 heteroatoms. The Hall–Kier alpha value is -1.84. The molecule has 96 valence electrons. The molecule has 2 N–H and O–H groups in total. The Labute approximate surface area is 107 Å². The summed E-state index contributed by atoms with van der Waals surface area (Å²) < 4.78 is 0. The molecule has 4 nitrogen and oxygen atoms in total. The lowest BCUT2D eigenvalue weighted by atomic mass is 10.1. The number of benzene rings is 1. The number of carbonyl (C=O) groups is 2. The topological polar surface area (TPSA) is 58.2 Å². The first-order chi connectivity index (χ1) is 8.63. The van der Waals surface area contributed by atoms with Crippen LogP contribution in [0, 0.1) is 6.92 Å². The molecule has 0 aromatic heterocycles. The minimum Gasteiger partial charge on any atom is -0.354 e. The summed E-state index contributed by atoms with van der Waals surface area (Å²) in [7, 11) is 0. The third-order valence-corrected chi connectivity index (χ3v) is 3.08. The van der Waals surface area contributed by atoms with E-state index in [1.54, 1.807) is 0 Å². The summed E-state index contributed by atoms with van der Waals surface area (Å²) in [5.74, 6) is 0.0784. The standard InChI is InChI=1S/C14H18N2O2/c1-10-3-2-4-11(7-10)8-14(18)15-9-12-5-6-13(17)16-12/h2-4,7,12H,5-6,8-9H2,1H3,(H,15,18)(H,16,17). The van der Waals surface area contributed by atoms with E-state index in [0.717, 1.165) is 17.5 Å². The molecule has 1 aliphatic rings. The van der Waals surface area contributed by atoms with Crippen LogP contribution in [0.25, 0.3) is 0 Å². The van der Waals surface area contributed by atoms with Crippen molar-refractivity contribution in [3.05, 3.63) is 35.4 Å². The molecule has 0 saturated carbocycles. The van der Waals surface area contributed by atoms with E-state index in [1.807, 2.05) is 31.2 Å². The predicted molar refractivity (Wildman–Crippen MR) is 69.1 cm³/mol. The minimum atomic E-state index is 0.00162. The van der Waals surface area contributed by atoms with Gasteiger partial charge in [-0.15, -0.1) is 0 Å². The van der Waals surface area contributed by atoms with Gasteiger partial charge in [0.15, 0.2) is 0 Å². The van der Waals surface area contributed by atoms with Crippen molar-refractivity contribution in [2.75, 3.05) is 6.54 Å². The lowest BCUT2D eigenvalue weighted by Gasteiger charge is -2.11. The van der Waals surface area contributed by atoms with Crippen LogP contribution in [0.4, 0.5) is 0 Å². The molecular formula is C14H18N2O2. The molecule has 2 amide bonds.